The van der Waals surface area contributed by atoms with Gasteiger partial charge in [0.2, 0.25) is 0 Å². The number of carbonyl (C=O) groups is 1. The quantitative estimate of drug-likeness (QED) is 0.483. The summed E-state index contributed by atoms with van der Waals surface area (Å²) in [6.07, 6.45) is 0. The van der Waals surface area contributed by atoms with E-state index in [0.717, 1.165) is 37.0 Å². The lowest BCUT2D eigenvalue weighted by atomic mass is 10.1. The standard InChI is InChI=1S/C12H21N5OS/c1-8(2)9-10(11(18)15-13)19-12(14-9)17-6-4-16(3)5-7-17/h8H,4-7,13H2,1-3H3,(H,15,18). The minimum atomic E-state index is -0.249. The summed E-state index contributed by atoms with van der Waals surface area (Å²) in [6.45, 7) is 8.02. The van der Waals surface area contributed by atoms with Gasteiger partial charge in [0.05, 0.1) is 5.69 Å². The van der Waals surface area contributed by atoms with Gasteiger partial charge in [0.1, 0.15) is 4.88 Å². The zero-order chi connectivity index (χ0) is 14.0. The van der Waals surface area contributed by atoms with Gasteiger partial charge in [-0.2, -0.15) is 0 Å². The number of amides is 1. The second kappa shape index (κ2) is 5.85. The van der Waals surface area contributed by atoms with Crippen molar-refractivity contribution in [2.75, 3.05) is 38.1 Å². The smallest absolute Gasteiger partial charge is 0.277 e. The van der Waals surface area contributed by atoms with Crippen LogP contribution >= 0.6 is 11.3 Å². The Morgan fingerprint density at radius 1 is 1.37 bits per heavy atom. The number of nitrogens with zero attached hydrogens (tertiary/aromatic N) is 3. The highest BCUT2D eigenvalue weighted by molar-refractivity contribution is 7.17. The van der Waals surface area contributed by atoms with Crippen LogP contribution in [0.1, 0.15) is 35.1 Å². The fourth-order valence-electron chi connectivity index (χ4n) is 2.07. The molecule has 106 valence electrons. The maximum Gasteiger partial charge on any atom is 0.277 e. The van der Waals surface area contributed by atoms with Gasteiger partial charge in [0.15, 0.2) is 5.13 Å². The van der Waals surface area contributed by atoms with Crippen molar-refractivity contribution in [3.8, 4) is 0 Å². The van der Waals surface area contributed by atoms with Crippen molar-refractivity contribution in [2.45, 2.75) is 19.8 Å². The van der Waals surface area contributed by atoms with E-state index < -0.39 is 0 Å². The molecule has 7 heteroatoms. The third-order valence-electron chi connectivity index (χ3n) is 3.30. The van der Waals surface area contributed by atoms with Crippen LogP contribution in [-0.2, 0) is 0 Å². The predicted molar refractivity (Wildman–Crippen MR) is 77.6 cm³/mol. The Morgan fingerprint density at radius 3 is 2.53 bits per heavy atom. The molecule has 1 saturated heterocycles. The Hall–Kier alpha value is -1.18. The van der Waals surface area contributed by atoms with Crippen LogP contribution in [0, 0.1) is 0 Å². The second-order valence-electron chi connectivity index (χ2n) is 5.13. The molecule has 2 heterocycles. The van der Waals surface area contributed by atoms with Crippen molar-refractivity contribution in [3.63, 3.8) is 0 Å². The second-order valence-corrected chi connectivity index (χ2v) is 6.11. The van der Waals surface area contributed by atoms with Gasteiger partial charge in [-0.05, 0) is 13.0 Å². The Morgan fingerprint density at radius 2 is 2.00 bits per heavy atom. The first-order valence-corrected chi connectivity index (χ1v) is 7.29. The number of likely N-dealkylation sites (N-methyl/N-ethyl adjacent to an activating group) is 1. The van der Waals surface area contributed by atoms with Crippen LogP contribution in [0.3, 0.4) is 0 Å². The van der Waals surface area contributed by atoms with Gasteiger partial charge in [-0.1, -0.05) is 25.2 Å². The minimum Gasteiger partial charge on any atom is -0.346 e. The molecule has 1 amide bonds. The average Bonchev–Trinajstić information content (AvgIpc) is 2.84. The Balaban J connectivity index is 2.24. The van der Waals surface area contributed by atoms with Crippen molar-refractivity contribution < 1.29 is 4.79 Å². The van der Waals surface area contributed by atoms with Crippen LogP contribution in [0.2, 0.25) is 0 Å². The zero-order valence-electron chi connectivity index (χ0n) is 11.6. The summed E-state index contributed by atoms with van der Waals surface area (Å²) < 4.78 is 0. The van der Waals surface area contributed by atoms with E-state index in [1.807, 2.05) is 13.8 Å². The third-order valence-corrected chi connectivity index (χ3v) is 4.43. The zero-order valence-corrected chi connectivity index (χ0v) is 12.5. The Labute approximate surface area is 117 Å². The van der Waals surface area contributed by atoms with Crippen molar-refractivity contribution in [1.82, 2.24) is 15.3 Å². The molecule has 0 unspecified atom stereocenters. The molecule has 6 nitrogen and oxygen atoms in total. The molecule has 0 radical (unpaired) electrons. The van der Waals surface area contributed by atoms with Crippen LogP contribution in [0.5, 0.6) is 0 Å². The molecule has 2 rings (SSSR count). The predicted octanol–water partition coefficient (Wildman–Crippen LogP) is 0.622. The van der Waals surface area contributed by atoms with Gasteiger partial charge < -0.3 is 9.80 Å². The first kappa shape index (κ1) is 14.2. The van der Waals surface area contributed by atoms with E-state index >= 15 is 0 Å². The highest BCUT2D eigenvalue weighted by Crippen LogP contribution is 2.31. The lowest BCUT2D eigenvalue weighted by molar-refractivity contribution is 0.0956. The summed E-state index contributed by atoms with van der Waals surface area (Å²) in [7, 11) is 2.12. The number of nitrogen functional groups attached to an aromatic ring is 1. The molecule has 1 aliphatic rings. The third kappa shape index (κ3) is 3.05. The topological polar surface area (TPSA) is 74.5 Å². The highest BCUT2D eigenvalue weighted by Gasteiger charge is 2.24. The molecule has 1 aromatic heterocycles. The van der Waals surface area contributed by atoms with E-state index in [1.165, 1.54) is 11.3 Å². The van der Waals surface area contributed by atoms with Gasteiger partial charge in [0, 0.05) is 26.2 Å². The number of anilines is 1. The molecule has 1 aliphatic heterocycles. The first-order valence-electron chi connectivity index (χ1n) is 6.48. The number of aromatic nitrogens is 1. The van der Waals surface area contributed by atoms with Crippen LogP contribution in [0.25, 0.3) is 0 Å². The molecular formula is C12H21N5OS. The van der Waals surface area contributed by atoms with Crippen LogP contribution in [0.15, 0.2) is 0 Å². The number of nitrogens with two attached hydrogens (primary N) is 1. The number of nitrogens with one attached hydrogen (secondary N) is 1. The van der Waals surface area contributed by atoms with E-state index in [4.69, 9.17) is 5.84 Å². The maximum absolute atomic E-state index is 11.8. The van der Waals surface area contributed by atoms with Crippen molar-refractivity contribution >= 4 is 22.4 Å². The monoisotopic (exact) mass is 283 g/mol. The molecule has 3 N–H and O–H groups in total. The highest BCUT2D eigenvalue weighted by atomic mass is 32.1. The number of thiazole rings is 1. The van der Waals surface area contributed by atoms with Crippen molar-refractivity contribution in [2.24, 2.45) is 5.84 Å². The fourth-order valence-corrected chi connectivity index (χ4v) is 3.25. The summed E-state index contributed by atoms with van der Waals surface area (Å²) in [5, 5.41) is 0.926. The molecule has 0 aliphatic carbocycles. The molecule has 0 aromatic carbocycles. The lowest BCUT2D eigenvalue weighted by Gasteiger charge is -2.32. The Kier molecular flexibility index (Phi) is 4.38. The van der Waals surface area contributed by atoms with E-state index in [0.29, 0.717) is 4.88 Å². The fraction of sp³-hybridized carbons (Fsp3) is 0.667. The molecule has 0 bridgehead atoms. The maximum atomic E-state index is 11.8. The molecule has 0 saturated carbocycles. The van der Waals surface area contributed by atoms with E-state index in [1.54, 1.807) is 0 Å². The molecule has 0 spiro atoms. The van der Waals surface area contributed by atoms with Gasteiger partial charge in [-0.3, -0.25) is 10.2 Å². The summed E-state index contributed by atoms with van der Waals surface area (Å²) in [5.74, 6) is 5.20. The van der Waals surface area contributed by atoms with Crippen molar-refractivity contribution in [1.29, 1.82) is 0 Å². The van der Waals surface area contributed by atoms with E-state index in [-0.39, 0.29) is 11.8 Å². The first-order chi connectivity index (χ1) is 9.02. The van der Waals surface area contributed by atoms with Gasteiger partial charge in [-0.15, -0.1) is 0 Å². The van der Waals surface area contributed by atoms with E-state index in [2.05, 4.69) is 27.3 Å². The van der Waals surface area contributed by atoms with Gasteiger partial charge >= 0.3 is 0 Å². The molecule has 1 aromatic rings. The summed E-state index contributed by atoms with van der Waals surface area (Å²) in [5.41, 5.74) is 3.04. The average molecular weight is 283 g/mol. The lowest BCUT2D eigenvalue weighted by Crippen LogP contribution is -2.44. The Bertz CT molecular complexity index is 451. The van der Waals surface area contributed by atoms with Crippen LogP contribution in [-0.4, -0.2) is 49.0 Å². The summed E-state index contributed by atoms with van der Waals surface area (Å²) in [6, 6.07) is 0. The molecular weight excluding hydrogens is 262 g/mol. The molecule has 19 heavy (non-hydrogen) atoms. The number of rotatable bonds is 3. The summed E-state index contributed by atoms with van der Waals surface area (Å²) >= 11 is 1.43. The summed E-state index contributed by atoms with van der Waals surface area (Å²) in [4.78, 5) is 21.6. The number of hydrogen-bond donors (Lipinski definition) is 2. The SMILES string of the molecule is CC(C)c1nc(N2CCN(C)CC2)sc1C(=O)NN. The van der Waals surface area contributed by atoms with Crippen LogP contribution in [0.4, 0.5) is 5.13 Å². The van der Waals surface area contributed by atoms with Crippen LogP contribution < -0.4 is 16.2 Å². The minimum absolute atomic E-state index is 0.213. The van der Waals surface area contributed by atoms with Gasteiger partial charge in [-0.25, -0.2) is 10.8 Å². The largest absolute Gasteiger partial charge is 0.346 e. The number of carbonyl (C=O) groups excluding carboxylic acids is 1. The van der Waals surface area contributed by atoms with Crippen molar-refractivity contribution in [3.05, 3.63) is 10.6 Å². The number of piperazine rings is 1. The van der Waals surface area contributed by atoms with Gasteiger partial charge in [0.25, 0.3) is 5.91 Å². The molecule has 0 atom stereocenters. The normalized spacial score (nSPS) is 17.0. The molecule has 1 fully saturated rings. The van der Waals surface area contributed by atoms with E-state index in [9.17, 15) is 4.79 Å². The number of hydrogen-bond acceptors (Lipinski definition) is 6. The number of hydrazine groups is 1.